The van der Waals surface area contributed by atoms with Crippen molar-refractivity contribution < 1.29 is 9.26 Å². The van der Waals surface area contributed by atoms with Crippen LogP contribution in [0.5, 0.6) is 0 Å². The van der Waals surface area contributed by atoms with Crippen LogP contribution in [-0.4, -0.2) is 28.3 Å². The van der Waals surface area contributed by atoms with Gasteiger partial charge in [0.05, 0.1) is 5.41 Å². The van der Waals surface area contributed by atoms with Crippen LogP contribution in [0.1, 0.15) is 24.3 Å². The lowest BCUT2D eigenvalue weighted by molar-refractivity contribution is 0.0523. The number of halogens is 1. The van der Waals surface area contributed by atoms with Crippen molar-refractivity contribution in [1.29, 1.82) is 0 Å². The van der Waals surface area contributed by atoms with Crippen molar-refractivity contribution in [2.75, 3.05) is 13.2 Å². The van der Waals surface area contributed by atoms with E-state index >= 15 is 0 Å². The molecular weight excluding hydrogens is 342 g/mol. The predicted octanol–water partition coefficient (Wildman–Crippen LogP) is 3.17. The fraction of sp³-hybridized carbons (Fsp3) is 0.278. The Morgan fingerprint density at radius 3 is 2.72 bits per heavy atom. The Morgan fingerprint density at radius 1 is 1.16 bits per heavy atom. The summed E-state index contributed by atoms with van der Waals surface area (Å²) in [6.07, 6.45) is 3.05. The fourth-order valence-corrected chi connectivity index (χ4v) is 3.41. The highest BCUT2D eigenvalue weighted by molar-refractivity contribution is 6.30. The van der Waals surface area contributed by atoms with E-state index in [2.05, 4.69) is 15.1 Å². The summed E-state index contributed by atoms with van der Waals surface area (Å²) < 4.78 is 11.2. The van der Waals surface area contributed by atoms with Crippen molar-refractivity contribution in [3.8, 4) is 11.4 Å². The molecule has 0 spiro atoms. The van der Waals surface area contributed by atoms with Crippen LogP contribution in [0.3, 0.4) is 0 Å². The number of aromatic nitrogens is 3. The molecule has 0 amide bonds. The Morgan fingerprint density at radius 2 is 2.00 bits per heavy atom. The van der Waals surface area contributed by atoms with Gasteiger partial charge in [0.1, 0.15) is 0 Å². The molecule has 0 unspecified atom stereocenters. The lowest BCUT2D eigenvalue weighted by Crippen LogP contribution is -2.35. The van der Waals surface area contributed by atoms with Gasteiger partial charge in [0.25, 0.3) is 0 Å². The molecule has 0 bridgehead atoms. The van der Waals surface area contributed by atoms with Crippen molar-refractivity contribution in [1.82, 2.24) is 15.1 Å². The molecule has 3 aromatic rings. The Balaban J connectivity index is 1.78. The Bertz CT molecular complexity index is 924. The highest BCUT2D eigenvalue weighted by Crippen LogP contribution is 2.41. The van der Waals surface area contributed by atoms with Gasteiger partial charge in [0.15, 0.2) is 0 Å². The lowest BCUT2D eigenvalue weighted by Gasteiger charge is -2.34. The van der Waals surface area contributed by atoms with Gasteiger partial charge in [0, 0.05) is 36.1 Å². The van der Waals surface area contributed by atoms with Crippen molar-refractivity contribution in [2.45, 2.75) is 18.3 Å². The molecule has 2 aromatic heterocycles. The first kappa shape index (κ1) is 16.1. The minimum absolute atomic E-state index is 0.174. The average molecular weight is 358 g/mol. The molecule has 0 saturated carbocycles. The molecule has 7 heteroatoms. The number of hydrogen-bond acceptors (Lipinski definition) is 5. The Kier molecular flexibility index (Phi) is 4.15. The first-order valence-electron chi connectivity index (χ1n) is 8.04. The van der Waals surface area contributed by atoms with Crippen molar-refractivity contribution >= 4 is 11.6 Å². The van der Waals surface area contributed by atoms with E-state index in [1.54, 1.807) is 12.3 Å². The van der Waals surface area contributed by atoms with Crippen LogP contribution < -0.4 is 5.56 Å². The van der Waals surface area contributed by atoms with Gasteiger partial charge in [-0.15, -0.1) is 0 Å². The van der Waals surface area contributed by atoms with Gasteiger partial charge in [-0.2, -0.15) is 4.98 Å². The van der Waals surface area contributed by atoms with E-state index in [4.69, 9.17) is 20.9 Å². The third-order valence-corrected chi connectivity index (χ3v) is 4.84. The molecule has 3 heterocycles. The summed E-state index contributed by atoms with van der Waals surface area (Å²) in [5.41, 5.74) is 1.14. The van der Waals surface area contributed by atoms with Crippen LogP contribution in [0, 0.1) is 0 Å². The smallest absolute Gasteiger partial charge is 0.247 e. The monoisotopic (exact) mass is 357 g/mol. The highest BCUT2D eigenvalue weighted by atomic mass is 35.5. The van der Waals surface area contributed by atoms with Gasteiger partial charge in [-0.1, -0.05) is 28.9 Å². The Labute approximate surface area is 148 Å². The van der Waals surface area contributed by atoms with E-state index in [1.807, 2.05) is 24.3 Å². The third kappa shape index (κ3) is 2.99. The second-order valence-corrected chi connectivity index (χ2v) is 6.51. The summed E-state index contributed by atoms with van der Waals surface area (Å²) in [4.78, 5) is 18.5. The van der Waals surface area contributed by atoms with Crippen LogP contribution >= 0.6 is 11.6 Å². The average Bonchev–Trinajstić information content (AvgIpc) is 3.13. The van der Waals surface area contributed by atoms with Gasteiger partial charge < -0.3 is 14.2 Å². The maximum atomic E-state index is 11.2. The van der Waals surface area contributed by atoms with Crippen LogP contribution in [0.4, 0.5) is 0 Å². The number of benzene rings is 1. The van der Waals surface area contributed by atoms with E-state index in [9.17, 15) is 4.79 Å². The number of H-pyrrole nitrogens is 1. The normalized spacial score (nSPS) is 16.7. The summed E-state index contributed by atoms with van der Waals surface area (Å²) >= 11 is 6.20. The molecule has 128 valence electrons. The molecule has 1 fully saturated rings. The number of nitrogens with zero attached hydrogens (tertiary/aromatic N) is 2. The number of pyridine rings is 1. The molecule has 25 heavy (non-hydrogen) atoms. The molecule has 1 saturated heterocycles. The van der Waals surface area contributed by atoms with Crippen molar-refractivity contribution in [2.24, 2.45) is 0 Å². The van der Waals surface area contributed by atoms with E-state index < -0.39 is 5.41 Å². The van der Waals surface area contributed by atoms with Crippen LogP contribution in [-0.2, 0) is 10.2 Å². The number of hydrogen-bond donors (Lipinski definition) is 1. The number of aromatic amines is 1. The fourth-order valence-electron chi connectivity index (χ4n) is 3.22. The van der Waals surface area contributed by atoms with Crippen molar-refractivity contribution in [3.05, 3.63) is 69.4 Å². The summed E-state index contributed by atoms with van der Waals surface area (Å²) in [6, 6.07) is 10.8. The predicted molar refractivity (Wildman–Crippen MR) is 92.6 cm³/mol. The zero-order valence-electron chi connectivity index (χ0n) is 13.4. The van der Waals surface area contributed by atoms with Crippen LogP contribution in [0.25, 0.3) is 11.4 Å². The van der Waals surface area contributed by atoms with E-state index in [0.717, 1.165) is 18.4 Å². The quantitative estimate of drug-likeness (QED) is 0.778. The summed E-state index contributed by atoms with van der Waals surface area (Å²) in [5, 5.41) is 4.77. The summed E-state index contributed by atoms with van der Waals surface area (Å²) in [7, 11) is 0. The SMILES string of the molecule is O=c1ccc(-c2noc(C3(c4cccc(Cl)c4)CCOCC3)n2)c[nH]1. The van der Waals surface area contributed by atoms with E-state index in [1.165, 1.54) is 6.07 Å². The minimum Gasteiger partial charge on any atom is -0.381 e. The van der Waals surface area contributed by atoms with Gasteiger partial charge >= 0.3 is 0 Å². The van der Waals surface area contributed by atoms with Gasteiger partial charge in [-0.25, -0.2) is 0 Å². The standard InChI is InChI=1S/C18H16ClN3O3/c19-14-3-1-2-13(10-14)18(6-8-24-9-7-18)17-21-16(22-25-17)12-4-5-15(23)20-11-12/h1-5,10-11H,6-9H2,(H,20,23). The molecule has 0 aliphatic carbocycles. The largest absolute Gasteiger partial charge is 0.381 e. The molecule has 0 radical (unpaired) electrons. The summed E-state index contributed by atoms with van der Waals surface area (Å²) in [5.74, 6) is 0.985. The number of rotatable bonds is 3. The van der Waals surface area contributed by atoms with E-state index in [-0.39, 0.29) is 5.56 Å². The first-order chi connectivity index (χ1) is 12.2. The maximum absolute atomic E-state index is 11.2. The number of ether oxygens (including phenoxy) is 1. The highest BCUT2D eigenvalue weighted by Gasteiger charge is 2.41. The second kappa shape index (κ2) is 6.46. The second-order valence-electron chi connectivity index (χ2n) is 6.07. The zero-order chi connectivity index (χ0) is 17.3. The molecule has 1 aliphatic heterocycles. The Hall–Kier alpha value is -2.44. The van der Waals surface area contributed by atoms with Crippen molar-refractivity contribution in [3.63, 3.8) is 0 Å². The topological polar surface area (TPSA) is 81.0 Å². The molecule has 1 N–H and O–H groups in total. The van der Waals surface area contributed by atoms with Crippen LogP contribution in [0.2, 0.25) is 5.02 Å². The molecule has 0 atom stereocenters. The molecule has 1 aliphatic rings. The van der Waals surface area contributed by atoms with Crippen LogP contribution in [0.15, 0.2) is 51.9 Å². The molecule has 1 aromatic carbocycles. The van der Waals surface area contributed by atoms with E-state index in [0.29, 0.717) is 35.5 Å². The molecular formula is C18H16ClN3O3. The number of nitrogens with one attached hydrogen (secondary N) is 1. The molecule has 4 rings (SSSR count). The summed E-state index contributed by atoms with van der Waals surface area (Å²) in [6.45, 7) is 1.23. The lowest BCUT2D eigenvalue weighted by atomic mass is 9.74. The third-order valence-electron chi connectivity index (χ3n) is 4.60. The van der Waals surface area contributed by atoms with Gasteiger partial charge in [-0.3, -0.25) is 4.79 Å². The van der Waals surface area contributed by atoms with Gasteiger partial charge in [0.2, 0.25) is 17.3 Å². The first-order valence-corrected chi connectivity index (χ1v) is 8.42. The molecule has 6 nitrogen and oxygen atoms in total. The minimum atomic E-state index is -0.420. The zero-order valence-corrected chi connectivity index (χ0v) is 14.1. The van der Waals surface area contributed by atoms with Gasteiger partial charge in [-0.05, 0) is 36.6 Å². The maximum Gasteiger partial charge on any atom is 0.247 e.